The second-order valence-corrected chi connectivity index (χ2v) is 4.69. The number of carbonyl (C=O) groups excluding carboxylic acids is 1. The van der Waals surface area contributed by atoms with E-state index in [-0.39, 0.29) is 18.2 Å². The Morgan fingerprint density at radius 1 is 1.42 bits per heavy atom. The molecule has 0 spiro atoms. The van der Waals surface area contributed by atoms with Crippen molar-refractivity contribution in [2.45, 2.75) is 25.3 Å². The topological polar surface area (TPSA) is 75.6 Å². The number of benzene rings is 1. The van der Waals surface area contributed by atoms with Crippen LogP contribution < -0.4 is 10.1 Å². The molecular formula is C14H17NO4. The molecule has 0 unspecified atom stereocenters. The third kappa shape index (κ3) is 3.47. The lowest BCUT2D eigenvalue weighted by Crippen LogP contribution is -2.43. The van der Waals surface area contributed by atoms with Gasteiger partial charge in [-0.05, 0) is 24.5 Å². The SMILES string of the molecule is COc1ccccc1C[C@H](NC(=O)C1CC1)C(=O)O. The normalized spacial score (nSPS) is 15.6. The molecule has 102 valence electrons. The van der Waals surface area contributed by atoms with Crippen LogP contribution in [0.5, 0.6) is 5.75 Å². The number of nitrogens with one attached hydrogen (secondary N) is 1. The fourth-order valence-corrected chi connectivity index (χ4v) is 1.93. The summed E-state index contributed by atoms with van der Waals surface area (Å²) in [6.45, 7) is 0. The fourth-order valence-electron chi connectivity index (χ4n) is 1.93. The predicted octanol–water partition coefficient (Wildman–Crippen LogP) is 1.22. The minimum absolute atomic E-state index is 0.000445. The highest BCUT2D eigenvalue weighted by atomic mass is 16.5. The number of carbonyl (C=O) groups is 2. The average Bonchev–Trinajstić information content (AvgIpc) is 3.22. The van der Waals surface area contributed by atoms with Crippen LogP contribution in [0.3, 0.4) is 0 Å². The molecule has 5 heteroatoms. The molecule has 0 aliphatic heterocycles. The monoisotopic (exact) mass is 263 g/mol. The second kappa shape index (κ2) is 5.73. The molecule has 0 aromatic heterocycles. The lowest BCUT2D eigenvalue weighted by Gasteiger charge is -2.16. The van der Waals surface area contributed by atoms with Gasteiger partial charge in [0.25, 0.3) is 0 Å². The minimum Gasteiger partial charge on any atom is -0.496 e. The van der Waals surface area contributed by atoms with E-state index in [1.807, 2.05) is 12.1 Å². The minimum atomic E-state index is -1.03. The van der Waals surface area contributed by atoms with Crippen molar-refractivity contribution in [2.75, 3.05) is 7.11 Å². The van der Waals surface area contributed by atoms with Gasteiger partial charge in [-0.3, -0.25) is 4.79 Å². The summed E-state index contributed by atoms with van der Waals surface area (Å²) >= 11 is 0. The molecule has 1 aliphatic carbocycles. The molecule has 2 N–H and O–H groups in total. The van der Waals surface area contributed by atoms with Gasteiger partial charge >= 0.3 is 5.97 Å². The first-order valence-corrected chi connectivity index (χ1v) is 6.27. The van der Waals surface area contributed by atoms with Crippen LogP contribution in [0.2, 0.25) is 0 Å². The van der Waals surface area contributed by atoms with Gasteiger partial charge in [0.05, 0.1) is 7.11 Å². The molecule has 1 aliphatic rings. The summed E-state index contributed by atoms with van der Waals surface area (Å²) in [4.78, 5) is 22.9. The van der Waals surface area contributed by atoms with E-state index >= 15 is 0 Å². The van der Waals surface area contributed by atoms with Gasteiger partial charge in [0, 0.05) is 12.3 Å². The van der Waals surface area contributed by atoms with Crippen molar-refractivity contribution < 1.29 is 19.4 Å². The first-order valence-electron chi connectivity index (χ1n) is 6.27. The first-order chi connectivity index (χ1) is 9.11. The van der Waals surface area contributed by atoms with E-state index in [0.29, 0.717) is 5.75 Å². The van der Waals surface area contributed by atoms with Crippen molar-refractivity contribution in [3.63, 3.8) is 0 Å². The molecule has 0 bridgehead atoms. The van der Waals surface area contributed by atoms with Crippen LogP contribution in [-0.4, -0.2) is 30.1 Å². The van der Waals surface area contributed by atoms with Crippen LogP contribution in [0.15, 0.2) is 24.3 Å². The van der Waals surface area contributed by atoms with Gasteiger partial charge in [0.1, 0.15) is 11.8 Å². The Morgan fingerprint density at radius 3 is 2.68 bits per heavy atom. The number of carboxylic acid groups (broad SMARTS) is 1. The number of amides is 1. The molecule has 1 fully saturated rings. The van der Waals surface area contributed by atoms with Gasteiger partial charge in [-0.2, -0.15) is 0 Å². The zero-order valence-electron chi connectivity index (χ0n) is 10.8. The molecule has 2 rings (SSSR count). The largest absolute Gasteiger partial charge is 0.496 e. The summed E-state index contributed by atoms with van der Waals surface area (Å²) in [6.07, 6.45) is 1.93. The van der Waals surface area contributed by atoms with Gasteiger partial charge < -0.3 is 15.2 Å². The first kappa shape index (κ1) is 13.4. The van der Waals surface area contributed by atoms with Gasteiger partial charge in [0.15, 0.2) is 0 Å². The van der Waals surface area contributed by atoms with Crippen molar-refractivity contribution in [2.24, 2.45) is 5.92 Å². The van der Waals surface area contributed by atoms with E-state index in [4.69, 9.17) is 4.74 Å². The molecule has 1 aromatic carbocycles. The Hall–Kier alpha value is -2.04. The molecule has 1 amide bonds. The molecule has 1 atom stereocenters. The van der Waals surface area contributed by atoms with E-state index in [1.54, 1.807) is 12.1 Å². The molecule has 19 heavy (non-hydrogen) atoms. The van der Waals surface area contributed by atoms with Crippen molar-refractivity contribution in [1.29, 1.82) is 0 Å². The van der Waals surface area contributed by atoms with Crippen molar-refractivity contribution in [3.05, 3.63) is 29.8 Å². The number of hydrogen-bond acceptors (Lipinski definition) is 3. The summed E-state index contributed by atoms with van der Waals surface area (Å²) in [5.41, 5.74) is 0.772. The number of para-hydroxylation sites is 1. The lowest BCUT2D eigenvalue weighted by atomic mass is 10.0. The molecule has 1 aromatic rings. The quantitative estimate of drug-likeness (QED) is 0.809. The van der Waals surface area contributed by atoms with Crippen LogP contribution in [0.1, 0.15) is 18.4 Å². The molecule has 1 saturated carbocycles. The Bertz CT molecular complexity index is 482. The summed E-state index contributed by atoms with van der Waals surface area (Å²) in [6, 6.07) is 6.31. The van der Waals surface area contributed by atoms with E-state index in [2.05, 4.69) is 5.32 Å². The van der Waals surface area contributed by atoms with Gasteiger partial charge in [-0.15, -0.1) is 0 Å². The van der Waals surface area contributed by atoms with Gasteiger partial charge in [0.2, 0.25) is 5.91 Å². The number of carboxylic acids is 1. The predicted molar refractivity (Wildman–Crippen MR) is 69.0 cm³/mol. The van der Waals surface area contributed by atoms with Crippen LogP contribution >= 0.6 is 0 Å². The Labute approximate surface area is 111 Å². The molecule has 5 nitrogen and oxygen atoms in total. The summed E-state index contributed by atoms with van der Waals surface area (Å²) < 4.78 is 5.19. The maximum atomic E-state index is 11.7. The van der Waals surface area contributed by atoms with Crippen molar-refractivity contribution in [1.82, 2.24) is 5.32 Å². The van der Waals surface area contributed by atoms with Crippen LogP contribution in [0.4, 0.5) is 0 Å². The van der Waals surface area contributed by atoms with E-state index in [0.717, 1.165) is 18.4 Å². The van der Waals surface area contributed by atoms with E-state index < -0.39 is 12.0 Å². The third-order valence-electron chi connectivity index (χ3n) is 3.18. The van der Waals surface area contributed by atoms with E-state index in [1.165, 1.54) is 7.11 Å². The van der Waals surface area contributed by atoms with E-state index in [9.17, 15) is 14.7 Å². The highest BCUT2D eigenvalue weighted by molar-refractivity contribution is 5.86. The maximum Gasteiger partial charge on any atom is 0.326 e. The Kier molecular flexibility index (Phi) is 4.04. The number of hydrogen-bond donors (Lipinski definition) is 2. The fraction of sp³-hybridized carbons (Fsp3) is 0.429. The van der Waals surface area contributed by atoms with Gasteiger partial charge in [-0.25, -0.2) is 4.79 Å². The molecule has 0 heterocycles. The number of ether oxygens (including phenoxy) is 1. The molecule has 0 saturated heterocycles. The average molecular weight is 263 g/mol. The Balaban J connectivity index is 2.07. The molecule has 0 radical (unpaired) electrons. The van der Waals surface area contributed by atoms with Crippen molar-refractivity contribution in [3.8, 4) is 5.75 Å². The zero-order chi connectivity index (χ0) is 13.8. The van der Waals surface area contributed by atoms with Crippen molar-refractivity contribution >= 4 is 11.9 Å². The number of rotatable bonds is 6. The summed E-state index contributed by atoms with van der Waals surface area (Å²) in [5.74, 6) is -0.559. The van der Waals surface area contributed by atoms with Crippen LogP contribution in [0.25, 0.3) is 0 Å². The number of methoxy groups -OCH3 is 1. The third-order valence-corrected chi connectivity index (χ3v) is 3.18. The summed E-state index contributed by atoms with van der Waals surface area (Å²) in [5, 5.41) is 11.8. The molecular weight excluding hydrogens is 246 g/mol. The highest BCUT2D eigenvalue weighted by Gasteiger charge is 2.32. The standard InChI is InChI=1S/C14H17NO4/c1-19-12-5-3-2-4-10(12)8-11(14(17)18)15-13(16)9-6-7-9/h2-5,9,11H,6-8H2,1H3,(H,15,16)(H,17,18)/t11-/m0/s1. The lowest BCUT2D eigenvalue weighted by molar-refractivity contribution is -0.142. The summed E-state index contributed by atoms with van der Waals surface area (Å²) in [7, 11) is 1.54. The highest BCUT2D eigenvalue weighted by Crippen LogP contribution is 2.29. The van der Waals surface area contributed by atoms with Crippen LogP contribution in [0, 0.1) is 5.92 Å². The van der Waals surface area contributed by atoms with Gasteiger partial charge in [-0.1, -0.05) is 18.2 Å². The smallest absolute Gasteiger partial charge is 0.326 e. The zero-order valence-corrected chi connectivity index (χ0v) is 10.8. The second-order valence-electron chi connectivity index (χ2n) is 4.69. The van der Waals surface area contributed by atoms with Crippen LogP contribution in [-0.2, 0) is 16.0 Å². The maximum absolute atomic E-state index is 11.7. The number of aliphatic carboxylic acids is 1. The Morgan fingerprint density at radius 2 is 2.11 bits per heavy atom.